The normalized spacial score (nSPS) is 18.2. The number of hydrogen-bond acceptors (Lipinski definition) is 6. The third kappa shape index (κ3) is 6.45. The number of carboxylic acid groups (broad SMARTS) is 1. The van der Waals surface area contributed by atoms with Crippen LogP contribution < -0.4 is 0 Å². The highest BCUT2D eigenvalue weighted by atomic mass is 19.4. The number of carboxylic acids is 1. The van der Waals surface area contributed by atoms with Gasteiger partial charge >= 0.3 is 12.1 Å². The predicted molar refractivity (Wildman–Crippen MR) is 139 cm³/mol. The molecule has 0 radical (unpaired) electrons. The summed E-state index contributed by atoms with van der Waals surface area (Å²) in [6, 6.07) is 9.35. The number of hydrogen-bond donors (Lipinski definition) is 3. The Bertz CT molecular complexity index is 1220. The summed E-state index contributed by atoms with van der Waals surface area (Å²) >= 11 is 0. The van der Waals surface area contributed by atoms with E-state index in [4.69, 9.17) is 9.94 Å². The van der Waals surface area contributed by atoms with Crippen molar-refractivity contribution in [3.63, 3.8) is 0 Å². The number of oxime groups is 1. The van der Waals surface area contributed by atoms with E-state index in [1.807, 2.05) is 6.92 Å². The molecule has 39 heavy (non-hydrogen) atoms. The molecule has 7 nitrogen and oxygen atoms in total. The Hall–Kier alpha value is -2.95. The molecule has 10 heteroatoms. The number of likely N-dealkylation sites (tertiary alicyclic amines) is 1. The van der Waals surface area contributed by atoms with Crippen molar-refractivity contribution in [2.24, 2.45) is 11.1 Å². The van der Waals surface area contributed by atoms with Gasteiger partial charge in [0.1, 0.15) is 6.61 Å². The van der Waals surface area contributed by atoms with Crippen LogP contribution in [0.15, 0.2) is 41.6 Å². The molecule has 0 amide bonds. The molecule has 1 saturated carbocycles. The minimum Gasteiger partial charge on any atom is -0.481 e. The molecule has 1 saturated heterocycles. The Labute approximate surface area is 225 Å². The van der Waals surface area contributed by atoms with Crippen molar-refractivity contribution in [2.75, 3.05) is 13.1 Å². The highest BCUT2D eigenvalue weighted by molar-refractivity contribution is 5.98. The van der Waals surface area contributed by atoms with Gasteiger partial charge in [-0.15, -0.1) is 0 Å². The Kier molecular flexibility index (Phi) is 8.68. The van der Waals surface area contributed by atoms with Gasteiger partial charge in [-0.05, 0) is 66.5 Å². The molecule has 0 aromatic heterocycles. The summed E-state index contributed by atoms with van der Waals surface area (Å²) in [5, 5.41) is 34.7. The Morgan fingerprint density at radius 2 is 1.74 bits per heavy atom. The van der Waals surface area contributed by atoms with E-state index in [2.05, 4.69) is 5.16 Å². The molecule has 0 atom stereocenters. The fourth-order valence-corrected chi connectivity index (χ4v) is 5.46. The van der Waals surface area contributed by atoms with Crippen molar-refractivity contribution < 1.29 is 38.1 Å². The molecule has 0 unspecified atom stereocenters. The van der Waals surface area contributed by atoms with Crippen LogP contribution in [0.25, 0.3) is 0 Å². The maximum absolute atomic E-state index is 13.8. The van der Waals surface area contributed by atoms with Crippen LogP contribution in [0.2, 0.25) is 0 Å². The molecule has 212 valence electrons. The third-order valence-corrected chi connectivity index (χ3v) is 7.84. The molecule has 1 aliphatic heterocycles. The summed E-state index contributed by atoms with van der Waals surface area (Å²) < 4.78 is 41.5. The first-order valence-corrected chi connectivity index (χ1v) is 13.3. The molecule has 1 aliphatic carbocycles. The van der Waals surface area contributed by atoms with Crippen molar-refractivity contribution in [3.05, 3.63) is 69.8 Å². The average Bonchev–Trinajstić information content (AvgIpc) is 2.86. The van der Waals surface area contributed by atoms with E-state index in [1.165, 1.54) is 4.90 Å². The number of rotatable bonds is 9. The van der Waals surface area contributed by atoms with E-state index in [0.29, 0.717) is 34.4 Å². The van der Waals surface area contributed by atoms with Gasteiger partial charge in [-0.25, -0.2) is 4.90 Å². The van der Waals surface area contributed by atoms with Crippen molar-refractivity contribution in [1.82, 2.24) is 4.90 Å². The van der Waals surface area contributed by atoms with Crippen LogP contribution in [0.1, 0.15) is 85.3 Å². The number of aryl methyl sites for hydroxylation is 1. The Balaban J connectivity index is 1.46. The molecule has 1 heterocycles. The van der Waals surface area contributed by atoms with Crippen LogP contribution in [0.5, 0.6) is 0 Å². The fourth-order valence-electron chi connectivity index (χ4n) is 5.46. The van der Waals surface area contributed by atoms with Gasteiger partial charge in [0.15, 0.2) is 0 Å². The van der Waals surface area contributed by atoms with Crippen LogP contribution in [0.4, 0.5) is 13.2 Å². The highest BCUT2D eigenvalue weighted by Gasteiger charge is 2.46. The van der Waals surface area contributed by atoms with Gasteiger partial charge in [0, 0.05) is 18.7 Å². The lowest BCUT2D eigenvalue weighted by atomic mass is 9.81. The van der Waals surface area contributed by atoms with Crippen molar-refractivity contribution in [2.45, 2.75) is 77.0 Å². The highest BCUT2D eigenvalue weighted by Crippen LogP contribution is 2.41. The molecule has 2 aromatic carbocycles. The van der Waals surface area contributed by atoms with Crippen LogP contribution in [0, 0.1) is 5.92 Å². The zero-order valence-corrected chi connectivity index (χ0v) is 22.2. The van der Waals surface area contributed by atoms with Gasteiger partial charge in [-0.3, -0.25) is 4.79 Å². The largest absolute Gasteiger partial charge is 0.481 e. The summed E-state index contributed by atoms with van der Waals surface area (Å²) in [5.41, 5.74) is 2.15. The Morgan fingerprint density at radius 1 is 1.05 bits per heavy atom. The molecule has 0 spiro atoms. The maximum atomic E-state index is 13.8. The van der Waals surface area contributed by atoms with Gasteiger partial charge in [-0.1, -0.05) is 55.6 Å². The maximum Gasteiger partial charge on any atom is 0.416 e. The first-order chi connectivity index (χ1) is 18.4. The summed E-state index contributed by atoms with van der Waals surface area (Å²) in [6.45, 7) is 3.48. The molecule has 2 aliphatic rings. The average molecular weight is 549 g/mol. The monoisotopic (exact) mass is 548 g/mol. The fraction of sp³-hybridized carbons (Fsp3) is 0.517. The lowest BCUT2D eigenvalue weighted by molar-refractivity contribution is -0.300. The summed E-state index contributed by atoms with van der Waals surface area (Å²) in [5.74, 6) is -4.00. The van der Waals surface area contributed by atoms with Gasteiger partial charge in [0.25, 0.3) is 5.91 Å². The predicted octanol–water partition coefficient (Wildman–Crippen LogP) is 5.37. The molecule has 3 N–H and O–H groups in total. The van der Waals surface area contributed by atoms with E-state index in [0.717, 1.165) is 38.2 Å². The molecular weight excluding hydrogens is 513 g/mol. The summed E-state index contributed by atoms with van der Waals surface area (Å²) in [4.78, 5) is 17.8. The molecule has 0 bridgehead atoms. The molecule has 4 rings (SSSR count). The minimum atomic E-state index is -4.44. The topological polar surface area (TPSA) is 103 Å². The minimum absolute atomic E-state index is 0.0270. The lowest BCUT2D eigenvalue weighted by Crippen LogP contribution is -2.60. The Morgan fingerprint density at radius 3 is 2.36 bits per heavy atom. The number of halogens is 3. The van der Waals surface area contributed by atoms with Crippen molar-refractivity contribution >= 4 is 11.7 Å². The first kappa shape index (κ1) is 29.0. The van der Waals surface area contributed by atoms with Crippen LogP contribution >= 0.6 is 0 Å². The quantitative estimate of drug-likeness (QED) is 0.221. The number of benzene rings is 2. The van der Waals surface area contributed by atoms with Crippen molar-refractivity contribution in [1.29, 1.82) is 0 Å². The van der Waals surface area contributed by atoms with Gasteiger partial charge < -0.3 is 20.2 Å². The smallest absolute Gasteiger partial charge is 0.416 e. The lowest BCUT2D eigenvalue weighted by Gasteiger charge is -2.45. The van der Waals surface area contributed by atoms with E-state index < -0.39 is 29.5 Å². The van der Waals surface area contributed by atoms with E-state index in [9.17, 15) is 28.2 Å². The van der Waals surface area contributed by atoms with Crippen LogP contribution in [-0.2, 0) is 34.7 Å². The van der Waals surface area contributed by atoms with E-state index >= 15 is 0 Å². The summed E-state index contributed by atoms with van der Waals surface area (Å²) in [6.07, 6.45) is 0.537. The molecule has 2 aromatic rings. The van der Waals surface area contributed by atoms with Gasteiger partial charge in [0.2, 0.25) is 0 Å². The van der Waals surface area contributed by atoms with Gasteiger partial charge in [-0.2, -0.15) is 13.2 Å². The number of carbonyl (C=O) groups is 1. The van der Waals surface area contributed by atoms with Crippen molar-refractivity contribution in [3.8, 4) is 0 Å². The second-order valence-electron chi connectivity index (χ2n) is 10.5. The van der Waals surface area contributed by atoms with Gasteiger partial charge in [0.05, 0.1) is 17.2 Å². The zero-order chi connectivity index (χ0) is 28.4. The standard InChI is InChI=1S/C29H35F3N2O5/c1-3-20-14-22(10-12-25(20)29(37,38)34-15-23(16-34)27(35)36)18(2)33-39-17-19-9-11-24(21-7-5-4-6-8-21)26(13-19)28(30,31)32/h9-14,21,23,37-38H,3-8,15-17H2,1-2H3,(H,35,36)/b33-18+. The number of aliphatic hydroxyl groups is 2. The molecule has 2 fully saturated rings. The summed E-state index contributed by atoms with van der Waals surface area (Å²) in [7, 11) is 0. The second kappa shape index (κ2) is 11.7. The number of alkyl halides is 3. The van der Waals surface area contributed by atoms with E-state index in [1.54, 1.807) is 37.3 Å². The number of nitrogens with zero attached hydrogens (tertiary/aromatic N) is 2. The third-order valence-electron chi connectivity index (χ3n) is 7.84. The first-order valence-electron chi connectivity index (χ1n) is 13.3. The van der Waals surface area contributed by atoms with Crippen LogP contribution in [-0.4, -0.2) is 45.0 Å². The second-order valence-corrected chi connectivity index (χ2v) is 10.5. The number of aliphatic carboxylic acids is 1. The molecular formula is C29H35F3N2O5. The SMILES string of the molecule is CCc1cc(/C(C)=N/OCc2ccc(C3CCCCC3)c(C(F)(F)F)c2)ccc1C(O)(O)N1CC(C(=O)O)C1. The zero-order valence-electron chi connectivity index (χ0n) is 22.2. The van der Waals surface area contributed by atoms with Crippen LogP contribution in [0.3, 0.4) is 0 Å². The van der Waals surface area contributed by atoms with E-state index in [-0.39, 0.29) is 31.2 Å².